The Morgan fingerprint density at radius 2 is 1.90 bits per heavy atom. The van der Waals surface area contributed by atoms with Gasteiger partial charge in [-0.1, -0.05) is 36.5 Å². The summed E-state index contributed by atoms with van der Waals surface area (Å²) in [4.78, 5) is 17.1. The van der Waals surface area contributed by atoms with Gasteiger partial charge in [-0.25, -0.2) is 0 Å². The first-order valence-corrected chi connectivity index (χ1v) is 7.16. The lowest BCUT2D eigenvalue weighted by Crippen LogP contribution is -2.24. The molecule has 5 heteroatoms. The van der Waals surface area contributed by atoms with E-state index in [1.807, 2.05) is 32.3 Å². The van der Waals surface area contributed by atoms with Crippen LogP contribution in [0.2, 0.25) is 0 Å². The summed E-state index contributed by atoms with van der Waals surface area (Å²) in [6, 6.07) is 11.6. The Hall–Kier alpha value is -1.98. The van der Waals surface area contributed by atoms with Crippen LogP contribution in [0.25, 0.3) is 0 Å². The van der Waals surface area contributed by atoms with Gasteiger partial charge in [0.15, 0.2) is 0 Å². The maximum absolute atomic E-state index is 12.2. The number of nitrogens with zero attached hydrogens (tertiary/aromatic N) is 1. The topological polar surface area (TPSA) is 48.1 Å². The van der Waals surface area contributed by atoms with Crippen LogP contribution in [0.15, 0.2) is 42.6 Å². The molecular formula is C16H19N3OS. The lowest BCUT2D eigenvalue weighted by molar-refractivity contribution is 0.0950. The van der Waals surface area contributed by atoms with Crippen LogP contribution in [0.1, 0.15) is 21.5 Å². The van der Waals surface area contributed by atoms with Crippen molar-refractivity contribution < 1.29 is 4.79 Å². The molecule has 0 bridgehead atoms. The number of benzene rings is 1. The van der Waals surface area contributed by atoms with Crippen LogP contribution in [-0.2, 0) is 13.1 Å². The van der Waals surface area contributed by atoms with Crippen molar-refractivity contribution in [2.45, 2.75) is 13.1 Å². The summed E-state index contributed by atoms with van der Waals surface area (Å²) in [7, 11) is 4.05. The maximum Gasteiger partial charge on any atom is 0.254 e. The Labute approximate surface area is 129 Å². The smallest absolute Gasteiger partial charge is 0.254 e. The maximum atomic E-state index is 12.2. The summed E-state index contributed by atoms with van der Waals surface area (Å²) in [5, 5.41) is 2.93. The highest BCUT2D eigenvalue weighted by Crippen LogP contribution is 2.11. The summed E-state index contributed by atoms with van der Waals surface area (Å²) < 4.78 is 0.455. The third-order valence-corrected chi connectivity index (χ3v) is 3.44. The zero-order chi connectivity index (χ0) is 15.2. The second kappa shape index (κ2) is 7.15. The summed E-state index contributed by atoms with van der Waals surface area (Å²) in [5.41, 5.74) is 2.82. The molecular weight excluding hydrogens is 282 g/mol. The second-order valence-corrected chi connectivity index (χ2v) is 5.51. The largest absolute Gasteiger partial charge is 0.352 e. The first-order chi connectivity index (χ1) is 10.1. The number of nitrogens with one attached hydrogen (secondary N) is 2. The molecule has 0 aliphatic heterocycles. The first kappa shape index (κ1) is 15.4. The number of hydrogen-bond acceptors (Lipinski definition) is 3. The van der Waals surface area contributed by atoms with Crippen molar-refractivity contribution in [3.05, 3.63) is 63.9 Å². The van der Waals surface area contributed by atoms with Gasteiger partial charge in [0.05, 0.1) is 5.56 Å². The summed E-state index contributed by atoms with van der Waals surface area (Å²) >= 11 is 5.12. The molecule has 0 aliphatic rings. The van der Waals surface area contributed by atoms with E-state index in [2.05, 4.69) is 21.3 Å². The lowest BCUT2D eigenvalue weighted by Gasteiger charge is -2.14. The standard InChI is InChI=1S/C16H19N3OS/c1-19(2)11-13-7-4-3-6-12(13)10-18-15(20)14-8-5-9-17-16(14)21/h3-9H,10-11H2,1-2H3,(H,17,21)(H,18,20). The molecule has 1 amide bonds. The molecule has 0 unspecified atom stereocenters. The van der Waals surface area contributed by atoms with E-state index in [9.17, 15) is 4.79 Å². The van der Waals surface area contributed by atoms with Crippen LogP contribution in [0, 0.1) is 4.64 Å². The monoisotopic (exact) mass is 301 g/mol. The fourth-order valence-electron chi connectivity index (χ4n) is 2.10. The van der Waals surface area contributed by atoms with Gasteiger partial charge in [-0.15, -0.1) is 0 Å². The number of carbonyl (C=O) groups is 1. The van der Waals surface area contributed by atoms with Crippen LogP contribution in [0.3, 0.4) is 0 Å². The fourth-order valence-corrected chi connectivity index (χ4v) is 2.32. The molecule has 1 aromatic heterocycles. The van der Waals surface area contributed by atoms with Gasteiger partial charge < -0.3 is 15.2 Å². The van der Waals surface area contributed by atoms with Gasteiger partial charge in [-0.05, 0) is 37.4 Å². The number of hydrogen-bond donors (Lipinski definition) is 2. The van der Waals surface area contributed by atoms with Crippen molar-refractivity contribution in [2.75, 3.05) is 14.1 Å². The van der Waals surface area contributed by atoms with Crippen molar-refractivity contribution in [1.82, 2.24) is 15.2 Å². The van der Waals surface area contributed by atoms with Crippen LogP contribution in [0.4, 0.5) is 0 Å². The Kier molecular flexibility index (Phi) is 5.25. The SMILES string of the molecule is CN(C)Cc1ccccc1CNC(=O)c1ccc[nH]c1=S. The van der Waals surface area contributed by atoms with Gasteiger partial charge in [0.25, 0.3) is 5.91 Å². The third-order valence-electron chi connectivity index (χ3n) is 3.11. The van der Waals surface area contributed by atoms with E-state index in [1.165, 1.54) is 5.56 Å². The van der Waals surface area contributed by atoms with E-state index < -0.39 is 0 Å². The van der Waals surface area contributed by atoms with E-state index in [-0.39, 0.29) is 5.91 Å². The molecule has 0 saturated carbocycles. The van der Waals surface area contributed by atoms with E-state index in [1.54, 1.807) is 18.3 Å². The molecule has 1 heterocycles. The highest BCUT2D eigenvalue weighted by Gasteiger charge is 2.08. The normalized spacial score (nSPS) is 10.6. The number of amides is 1. The van der Waals surface area contributed by atoms with Gasteiger partial charge in [0.2, 0.25) is 0 Å². The van der Waals surface area contributed by atoms with Gasteiger partial charge in [-0.3, -0.25) is 4.79 Å². The molecule has 2 N–H and O–H groups in total. The predicted molar refractivity (Wildman–Crippen MR) is 86.6 cm³/mol. The molecule has 0 radical (unpaired) electrons. The molecule has 0 spiro atoms. The first-order valence-electron chi connectivity index (χ1n) is 6.75. The van der Waals surface area contributed by atoms with Crippen LogP contribution in [0.5, 0.6) is 0 Å². The van der Waals surface area contributed by atoms with E-state index >= 15 is 0 Å². The highest BCUT2D eigenvalue weighted by atomic mass is 32.1. The lowest BCUT2D eigenvalue weighted by atomic mass is 10.1. The number of rotatable bonds is 5. The number of carbonyl (C=O) groups excluding carboxylic acids is 1. The quantitative estimate of drug-likeness (QED) is 0.835. The van der Waals surface area contributed by atoms with Crippen LogP contribution in [-0.4, -0.2) is 29.9 Å². The highest BCUT2D eigenvalue weighted by molar-refractivity contribution is 7.71. The Morgan fingerprint density at radius 3 is 2.57 bits per heavy atom. The average molecular weight is 301 g/mol. The molecule has 2 rings (SSSR count). The number of pyridine rings is 1. The average Bonchev–Trinajstić information content (AvgIpc) is 2.46. The Bertz CT molecular complexity index is 679. The van der Waals surface area contributed by atoms with Gasteiger partial charge >= 0.3 is 0 Å². The minimum Gasteiger partial charge on any atom is -0.352 e. The predicted octanol–water partition coefficient (Wildman–Crippen LogP) is 2.74. The van der Waals surface area contributed by atoms with E-state index in [0.29, 0.717) is 16.7 Å². The summed E-state index contributed by atoms with van der Waals surface area (Å²) in [5.74, 6) is -0.156. The molecule has 0 atom stereocenters. The molecule has 2 aromatic rings. The summed E-state index contributed by atoms with van der Waals surface area (Å²) in [6.07, 6.45) is 1.71. The molecule has 4 nitrogen and oxygen atoms in total. The number of aromatic nitrogens is 1. The third kappa shape index (κ3) is 4.24. The zero-order valence-electron chi connectivity index (χ0n) is 12.2. The van der Waals surface area contributed by atoms with Crippen molar-refractivity contribution >= 4 is 18.1 Å². The van der Waals surface area contributed by atoms with Crippen molar-refractivity contribution in [3.8, 4) is 0 Å². The van der Waals surface area contributed by atoms with Gasteiger partial charge in [0.1, 0.15) is 4.64 Å². The van der Waals surface area contributed by atoms with Gasteiger partial charge in [0, 0.05) is 19.3 Å². The van der Waals surface area contributed by atoms with Crippen LogP contribution < -0.4 is 5.32 Å². The zero-order valence-corrected chi connectivity index (χ0v) is 13.0. The second-order valence-electron chi connectivity index (χ2n) is 5.10. The van der Waals surface area contributed by atoms with E-state index in [0.717, 1.165) is 12.1 Å². The number of aromatic amines is 1. The number of H-pyrrole nitrogens is 1. The fraction of sp³-hybridized carbons (Fsp3) is 0.250. The Balaban J connectivity index is 2.08. The molecule has 0 saturated heterocycles. The Morgan fingerprint density at radius 1 is 1.19 bits per heavy atom. The molecule has 0 aliphatic carbocycles. The molecule has 0 fully saturated rings. The van der Waals surface area contributed by atoms with Crippen molar-refractivity contribution in [3.63, 3.8) is 0 Å². The minimum absolute atomic E-state index is 0.156. The van der Waals surface area contributed by atoms with Gasteiger partial charge in [-0.2, -0.15) is 0 Å². The van der Waals surface area contributed by atoms with E-state index in [4.69, 9.17) is 12.2 Å². The molecule has 110 valence electrons. The van der Waals surface area contributed by atoms with Crippen molar-refractivity contribution in [1.29, 1.82) is 0 Å². The minimum atomic E-state index is -0.156. The molecule has 21 heavy (non-hydrogen) atoms. The van der Waals surface area contributed by atoms with Crippen molar-refractivity contribution in [2.24, 2.45) is 0 Å². The van der Waals surface area contributed by atoms with Crippen LogP contribution >= 0.6 is 12.2 Å². The molecule has 1 aromatic carbocycles. The summed E-state index contributed by atoms with van der Waals surface area (Å²) in [6.45, 7) is 1.34.